The lowest BCUT2D eigenvalue weighted by Gasteiger charge is -2.33. The van der Waals surface area contributed by atoms with E-state index in [-0.39, 0.29) is 18.4 Å². The lowest BCUT2D eigenvalue weighted by Crippen LogP contribution is -2.50. The van der Waals surface area contributed by atoms with Crippen LogP contribution in [0.1, 0.15) is 4.88 Å². The van der Waals surface area contributed by atoms with Crippen LogP contribution < -0.4 is 5.32 Å². The number of nitrogens with one attached hydrogen (secondary N) is 1. The van der Waals surface area contributed by atoms with E-state index in [0.29, 0.717) is 41.2 Å². The van der Waals surface area contributed by atoms with Crippen molar-refractivity contribution in [3.63, 3.8) is 0 Å². The van der Waals surface area contributed by atoms with Gasteiger partial charge in [0.2, 0.25) is 11.8 Å². The van der Waals surface area contributed by atoms with Gasteiger partial charge >= 0.3 is 0 Å². The minimum absolute atomic E-state index is 0.0281. The van der Waals surface area contributed by atoms with Crippen LogP contribution in [-0.4, -0.2) is 54.3 Å². The van der Waals surface area contributed by atoms with Crippen molar-refractivity contribution < 1.29 is 9.59 Å². The Labute approximate surface area is 172 Å². The fraction of sp³-hybridized carbons (Fsp3) is 0.263. The van der Waals surface area contributed by atoms with Crippen molar-refractivity contribution in [3.05, 3.63) is 56.7 Å². The molecule has 1 N–H and O–H groups in total. The number of halogens is 2. The van der Waals surface area contributed by atoms with E-state index in [2.05, 4.69) is 5.32 Å². The first-order valence-electron chi connectivity index (χ1n) is 8.50. The molecule has 1 saturated heterocycles. The Morgan fingerprint density at radius 1 is 1.07 bits per heavy atom. The highest BCUT2D eigenvalue weighted by Gasteiger charge is 2.21. The van der Waals surface area contributed by atoms with Crippen LogP contribution in [0.15, 0.2) is 42.5 Å². The minimum Gasteiger partial charge on any atom is -0.337 e. The summed E-state index contributed by atoms with van der Waals surface area (Å²) in [6.45, 7) is 2.76. The number of thiophene rings is 1. The molecule has 0 aliphatic carbocycles. The summed E-state index contributed by atoms with van der Waals surface area (Å²) in [6.07, 6.45) is 3.35. The molecule has 1 aliphatic rings. The summed E-state index contributed by atoms with van der Waals surface area (Å²) in [7, 11) is 0. The summed E-state index contributed by atoms with van der Waals surface area (Å²) < 4.78 is 0.700. The monoisotopic (exact) mass is 423 g/mol. The molecule has 0 unspecified atom stereocenters. The second-order valence-electron chi connectivity index (χ2n) is 6.10. The summed E-state index contributed by atoms with van der Waals surface area (Å²) in [6, 6.07) is 10.8. The van der Waals surface area contributed by atoms with Crippen molar-refractivity contribution in [2.75, 3.05) is 38.0 Å². The number of para-hydroxylation sites is 1. The second-order valence-corrected chi connectivity index (χ2v) is 8.26. The Bertz CT molecular complexity index is 845. The van der Waals surface area contributed by atoms with Crippen LogP contribution in [0.5, 0.6) is 0 Å². The molecule has 1 fully saturated rings. The molecule has 2 aromatic rings. The number of rotatable bonds is 5. The zero-order valence-corrected chi connectivity index (χ0v) is 16.9. The standard InChI is InChI=1S/C19H19Cl2N3O2S/c20-15-3-1-2-4-16(15)22-18(25)13-23-9-11-24(12-10-23)19(26)8-6-14-5-7-17(21)27-14/h1-8H,9-13H2,(H,22,25)/b8-6+. The molecule has 3 rings (SSSR count). The van der Waals surface area contributed by atoms with Crippen LogP contribution in [0.4, 0.5) is 5.69 Å². The maximum absolute atomic E-state index is 12.3. The van der Waals surface area contributed by atoms with E-state index < -0.39 is 0 Å². The van der Waals surface area contributed by atoms with Gasteiger partial charge in [-0.1, -0.05) is 35.3 Å². The van der Waals surface area contributed by atoms with Crippen molar-refractivity contribution >= 4 is 58.1 Å². The largest absolute Gasteiger partial charge is 0.337 e. The highest BCUT2D eigenvalue weighted by Crippen LogP contribution is 2.22. The van der Waals surface area contributed by atoms with Crippen LogP contribution >= 0.6 is 34.5 Å². The van der Waals surface area contributed by atoms with Crippen molar-refractivity contribution in [2.45, 2.75) is 0 Å². The Morgan fingerprint density at radius 3 is 2.48 bits per heavy atom. The molecule has 142 valence electrons. The predicted molar refractivity (Wildman–Crippen MR) is 111 cm³/mol. The molecular weight excluding hydrogens is 405 g/mol. The van der Waals surface area contributed by atoms with Gasteiger partial charge in [-0.2, -0.15) is 0 Å². The number of carbonyl (C=O) groups excluding carboxylic acids is 2. The average molecular weight is 424 g/mol. The van der Waals surface area contributed by atoms with Crippen LogP contribution in [0.25, 0.3) is 6.08 Å². The zero-order chi connectivity index (χ0) is 19.2. The molecule has 0 bridgehead atoms. The molecule has 2 amide bonds. The Morgan fingerprint density at radius 2 is 1.81 bits per heavy atom. The molecule has 1 aliphatic heterocycles. The average Bonchev–Trinajstić information content (AvgIpc) is 3.07. The number of benzene rings is 1. The van der Waals surface area contributed by atoms with E-state index in [0.717, 1.165) is 4.88 Å². The first kappa shape index (κ1) is 19.9. The third-order valence-corrected chi connectivity index (χ3v) is 5.71. The first-order valence-corrected chi connectivity index (χ1v) is 10.1. The number of carbonyl (C=O) groups is 2. The van der Waals surface area contributed by atoms with Gasteiger partial charge in [0.1, 0.15) is 0 Å². The van der Waals surface area contributed by atoms with Crippen LogP contribution in [0.2, 0.25) is 9.36 Å². The van der Waals surface area contributed by atoms with E-state index in [4.69, 9.17) is 23.2 Å². The van der Waals surface area contributed by atoms with Crippen molar-refractivity contribution in [1.29, 1.82) is 0 Å². The normalized spacial score (nSPS) is 15.3. The smallest absolute Gasteiger partial charge is 0.246 e. The van der Waals surface area contributed by atoms with Gasteiger partial charge in [-0.25, -0.2) is 0 Å². The molecule has 8 heteroatoms. The maximum Gasteiger partial charge on any atom is 0.246 e. The third kappa shape index (κ3) is 5.81. The Kier molecular flexibility index (Phi) is 6.90. The molecule has 27 heavy (non-hydrogen) atoms. The lowest BCUT2D eigenvalue weighted by molar-refractivity contribution is -0.127. The van der Waals surface area contributed by atoms with Crippen molar-refractivity contribution in [2.24, 2.45) is 0 Å². The molecule has 5 nitrogen and oxygen atoms in total. The highest BCUT2D eigenvalue weighted by atomic mass is 35.5. The minimum atomic E-state index is -0.114. The molecule has 2 heterocycles. The molecule has 0 saturated carbocycles. The van der Waals surface area contributed by atoms with E-state index in [1.165, 1.54) is 11.3 Å². The molecule has 1 aromatic carbocycles. The van der Waals surface area contributed by atoms with Gasteiger partial charge in [-0.05, 0) is 30.3 Å². The summed E-state index contributed by atoms with van der Waals surface area (Å²) >= 11 is 13.4. The van der Waals surface area contributed by atoms with E-state index in [1.807, 2.05) is 29.2 Å². The number of amides is 2. The van der Waals surface area contributed by atoms with Gasteiger partial charge < -0.3 is 10.2 Å². The van der Waals surface area contributed by atoms with E-state index in [9.17, 15) is 9.59 Å². The molecule has 0 atom stereocenters. The van der Waals surface area contributed by atoms with Gasteiger partial charge in [-0.15, -0.1) is 11.3 Å². The van der Waals surface area contributed by atoms with Gasteiger partial charge in [0.05, 0.1) is 21.6 Å². The zero-order valence-electron chi connectivity index (χ0n) is 14.5. The second kappa shape index (κ2) is 9.37. The number of nitrogens with zero attached hydrogens (tertiary/aromatic N) is 2. The Hall–Kier alpha value is -1.86. The molecular formula is C19H19Cl2N3O2S. The van der Waals surface area contributed by atoms with E-state index >= 15 is 0 Å². The third-order valence-electron chi connectivity index (χ3n) is 4.18. The van der Waals surface area contributed by atoms with Crippen molar-refractivity contribution in [1.82, 2.24) is 9.80 Å². The van der Waals surface area contributed by atoms with Gasteiger partial charge in [-0.3, -0.25) is 14.5 Å². The number of anilines is 1. The topological polar surface area (TPSA) is 52.7 Å². The Balaban J connectivity index is 1.44. The first-order chi connectivity index (χ1) is 13.0. The quantitative estimate of drug-likeness (QED) is 0.742. The molecule has 0 spiro atoms. The number of piperazine rings is 1. The summed E-state index contributed by atoms with van der Waals surface area (Å²) in [5, 5.41) is 3.33. The lowest BCUT2D eigenvalue weighted by atomic mass is 10.2. The molecule has 0 radical (unpaired) electrons. The van der Waals surface area contributed by atoms with E-state index in [1.54, 1.807) is 29.2 Å². The SMILES string of the molecule is O=C(CN1CCN(C(=O)/C=C/c2ccc(Cl)s2)CC1)Nc1ccccc1Cl. The predicted octanol–water partition coefficient (Wildman–Crippen LogP) is 3.85. The fourth-order valence-corrected chi connectivity index (χ4v) is 3.91. The fourth-order valence-electron chi connectivity index (χ4n) is 2.76. The number of hydrogen-bond donors (Lipinski definition) is 1. The highest BCUT2D eigenvalue weighted by molar-refractivity contribution is 7.17. The molecule has 1 aromatic heterocycles. The van der Waals surface area contributed by atoms with Crippen molar-refractivity contribution in [3.8, 4) is 0 Å². The summed E-state index contributed by atoms with van der Waals surface area (Å²) in [4.78, 5) is 29.2. The summed E-state index contributed by atoms with van der Waals surface area (Å²) in [5.41, 5.74) is 0.608. The van der Waals surface area contributed by atoms with Crippen LogP contribution in [0.3, 0.4) is 0 Å². The van der Waals surface area contributed by atoms with Gasteiger partial charge in [0, 0.05) is 37.1 Å². The summed E-state index contributed by atoms with van der Waals surface area (Å²) in [5.74, 6) is -0.142. The maximum atomic E-state index is 12.3. The van der Waals surface area contributed by atoms with Gasteiger partial charge in [0.25, 0.3) is 0 Å². The van der Waals surface area contributed by atoms with Crippen LogP contribution in [0, 0.1) is 0 Å². The number of hydrogen-bond acceptors (Lipinski definition) is 4. The van der Waals surface area contributed by atoms with Gasteiger partial charge in [0.15, 0.2) is 0 Å². The van der Waals surface area contributed by atoms with Crippen LogP contribution in [-0.2, 0) is 9.59 Å².